The van der Waals surface area contributed by atoms with Gasteiger partial charge in [0.2, 0.25) is 0 Å². The molecule has 2 rings (SSSR count). The second-order valence-electron chi connectivity index (χ2n) is 4.16. The monoisotopic (exact) mass is 361 g/mol. The van der Waals surface area contributed by atoms with Gasteiger partial charge in [-0.1, -0.05) is 45.2 Å². The zero-order valence-electron chi connectivity index (χ0n) is 10.1. The van der Waals surface area contributed by atoms with Crippen molar-refractivity contribution < 1.29 is 4.39 Å². The summed E-state index contributed by atoms with van der Waals surface area (Å²) >= 11 is 15.5. The molecule has 0 spiro atoms. The van der Waals surface area contributed by atoms with Gasteiger partial charge in [0, 0.05) is 9.50 Å². The lowest BCUT2D eigenvalue weighted by Crippen LogP contribution is -2.07. The molecule has 0 radical (unpaired) electrons. The number of anilines is 1. The Morgan fingerprint density at radius 2 is 1.84 bits per heavy atom. The summed E-state index contributed by atoms with van der Waals surface area (Å²) in [5, 5.41) is 4.22. The highest BCUT2D eigenvalue weighted by atomic mass is 79.9. The van der Waals surface area contributed by atoms with E-state index in [0.29, 0.717) is 15.7 Å². The highest BCUT2D eigenvalue weighted by molar-refractivity contribution is 9.10. The van der Waals surface area contributed by atoms with Crippen molar-refractivity contribution >= 4 is 44.8 Å². The van der Waals surface area contributed by atoms with Crippen LogP contribution in [0.3, 0.4) is 0 Å². The molecule has 0 aliphatic heterocycles. The first-order chi connectivity index (χ1) is 8.97. The third kappa shape index (κ3) is 3.62. The minimum atomic E-state index is -0.357. The molecule has 0 aliphatic rings. The van der Waals surface area contributed by atoms with Gasteiger partial charge in [-0.3, -0.25) is 0 Å². The van der Waals surface area contributed by atoms with Gasteiger partial charge in [-0.2, -0.15) is 0 Å². The number of benzene rings is 2. The molecular weight excluding hydrogens is 352 g/mol. The summed E-state index contributed by atoms with van der Waals surface area (Å²) in [6.07, 6.45) is 0. The van der Waals surface area contributed by atoms with Crippen molar-refractivity contribution in [3.63, 3.8) is 0 Å². The highest BCUT2D eigenvalue weighted by Gasteiger charge is 2.11. The molecule has 2 aromatic carbocycles. The number of halogens is 4. The Morgan fingerprint density at radius 3 is 2.47 bits per heavy atom. The topological polar surface area (TPSA) is 12.0 Å². The van der Waals surface area contributed by atoms with Crippen molar-refractivity contribution in [3.8, 4) is 0 Å². The number of hydrogen-bond acceptors (Lipinski definition) is 1. The molecule has 19 heavy (non-hydrogen) atoms. The summed E-state index contributed by atoms with van der Waals surface area (Å²) in [5.41, 5.74) is 1.62. The molecule has 1 nitrogen and oxygen atoms in total. The lowest BCUT2D eigenvalue weighted by atomic mass is 10.1. The molecule has 2 aromatic rings. The van der Waals surface area contributed by atoms with E-state index in [9.17, 15) is 4.39 Å². The molecule has 0 saturated carbocycles. The van der Waals surface area contributed by atoms with Gasteiger partial charge in [-0.15, -0.1) is 0 Å². The normalized spacial score (nSPS) is 12.3. The maximum Gasteiger partial charge on any atom is 0.124 e. The second-order valence-corrected chi connectivity index (χ2v) is 5.89. The van der Waals surface area contributed by atoms with Crippen LogP contribution >= 0.6 is 39.1 Å². The van der Waals surface area contributed by atoms with Gasteiger partial charge in [0.05, 0.1) is 16.8 Å². The summed E-state index contributed by atoms with van der Waals surface area (Å²) < 4.78 is 13.9. The van der Waals surface area contributed by atoms with Crippen LogP contribution in [0.25, 0.3) is 0 Å². The van der Waals surface area contributed by atoms with E-state index in [-0.39, 0.29) is 11.9 Å². The minimum Gasteiger partial charge on any atom is -0.377 e. The first kappa shape index (κ1) is 14.6. The van der Waals surface area contributed by atoms with Crippen LogP contribution in [-0.2, 0) is 0 Å². The SMILES string of the molecule is CC(Nc1ccc(F)cc1Cl)c1ccc(Br)cc1Cl. The largest absolute Gasteiger partial charge is 0.377 e. The summed E-state index contributed by atoms with van der Waals surface area (Å²) in [7, 11) is 0. The Morgan fingerprint density at radius 1 is 1.11 bits per heavy atom. The first-order valence-electron chi connectivity index (χ1n) is 5.64. The van der Waals surface area contributed by atoms with Gasteiger partial charge in [0.25, 0.3) is 0 Å². The van der Waals surface area contributed by atoms with Gasteiger partial charge < -0.3 is 5.32 Å². The first-order valence-corrected chi connectivity index (χ1v) is 7.19. The summed E-state index contributed by atoms with van der Waals surface area (Å²) in [6, 6.07) is 9.91. The third-order valence-corrected chi connectivity index (χ3v) is 3.87. The average molecular weight is 363 g/mol. The maximum atomic E-state index is 13.0. The Bertz CT molecular complexity index is 604. The van der Waals surface area contributed by atoms with Crippen LogP contribution in [0.2, 0.25) is 10.0 Å². The number of hydrogen-bond donors (Lipinski definition) is 1. The molecular formula is C14H11BrCl2FN. The minimum absolute atomic E-state index is 0.0384. The predicted molar refractivity (Wildman–Crippen MR) is 82.6 cm³/mol. The molecule has 0 aromatic heterocycles. The fraction of sp³-hybridized carbons (Fsp3) is 0.143. The van der Waals surface area contributed by atoms with Crippen LogP contribution in [0.4, 0.5) is 10.1 Å². The molecule has 0 bridgehead atoms. The predicted octanol–water partition coefficient (Wildman–Crippen LogP) is 6.07. The van der Waals surface area contributed by atoms with E-state index in [2.05, 4.69) is 21.2 Å². The van der Waals surface area contributed by atoms with Crippen molar-refractivity contribution in [3.05, 3.63) is 62.3 Å². The zero-order chi connectivity index (χ0) is 14.0. The van der Waals surface area contributed by atoms with Crippen molar-refractivity contribution in [2.75, 3.05) is 5.32 Å². The summed E-state index contributed by atoms with van der Waals surface area (Å²) in [5.74, 6) is -0.357. The highest BCUT2D eigenvalue weighted by Crippen LogP contribution is 2.31. The Hall–Kier alpha value is -0.770. The van der Waals surface area contributed by atoms with E-state index in [1.54, 1.807) is 6.07 Å². The van der Waals surface area contributed by atoms with Gasteiger partial charge >= 0.3 is 0 Å². The lowest BCUT2D eigenvalue weighted by molar-refractivity contribution is 0.628. The molecule has 0 fully saturated rings. The van der Waals surface area contributed by atoms with Crippen molar-refractivity contribution in [1.29, 1.82) is 0 Å². The van der Waals surface area contributed by atoms with E-state index < -0.39 is 0 Å². The van der Waals surface area contributed by atoms with Gasteiger partial charge in [-0.05, 0) is 42.8 Å². The van der Waals surface area contributed by atoms with E-state index in [4.69, 9.17) is 23.2 Å². The lowest BCUT2D eigenvalue weighted by Gasteiger charge is -2.18. The fourth-order valence-electron chi connectivity index (χ4n) is 1.77. The fourth-order valence-corrected chi connectivity index (χ4v) is 2.83. The van der Waals surface area contributed by atoms with Crippen LogP contribution < -0.4 is 5.32 Å². The number of nitrogens with one attached hydrogen (secondary N) is 1. The summed E-state index contributed by atoms with van der Waals surface area (Å²) in [6.45, 7) is 1.97. The van der Waals surface area contributed by atoms with Crippen LogP contribution in [-0.4, -0.2) is 0 Å². The van der Waals surface area contributed by atoms with Crippen LogP contribution in [0.5, 0.6) is 0 Å². The molecule has 0 amide bonds. The Kier molecular flexibility index (Phi) is 4.71. The average Bonchev–Trinajstić information content (AvgIpc) is 2.32. The molecule has 0 heterocycles. The van der Waals surface area contributed by atoms with Gasteiger partial charge in [-0.25, -0.2) is 4.39 Å². The quantitative estimate of drug-likeness (QED) is 0.698. The standard InChI is InChI=1S/C14H11BrCl2FN/c1-8(11-4-2-9(15)6-12(11)16)19-14-5-3-10(18)7-13(14)17/h2-8,19H,1H3. The van der Waals surface area contributed by atoms with Crippen molar-refractivity contribution in [2.45, 2.75) is 13.0 Å². The van der Waals surface area contributed by atoms with Crippen LogP contribution in [0.15, 0.2) is 40.9 Å². The van der Waals surface area contributed by atoms with E-state index in [0.717, 1.165) is 10.0 Å². The van der Waals surface area contributed by atoms with Crippen molar-refractivity contribution in [2.24, 2.45) is 0 Å². The van der Waals surface area contributed by atoms with Crippen LogP contribution in [0.1, 0.15) is 18.5 Å². The second kappa shape index (κ2) is 6.12. The van der Waals surface area contributed by atoms with E-state index in [1.165, 1.54) is 12.1 Å². The van der Waals surface area contributed by atoms with Crippen molar-refractivity contribution in [1.82, 2.24) is 0 Å². The van der Waals surface area contributed by atoms with E-state index >= 15 is 0 Å². The molecule has 100 valence electrons. The third-order valence-electron chi connectivity index (χ3n) is 2.73. The Labute approximate surface area is 129 Å². The van der Waals surface area contributed by atoms with E-state index in [1.807, 2.05) is 25.1 Å². The molecule has 1 N–H and O–H groups in total. The number of rotatable bonds is 3. The van der Waals surface area contributed by atoms with Gasteiger partial charge in [0.15, 0.2) is 0 Å². The molecule has 0 aliphatic carbocycles. The molecule has 1 unspecified atom stereocenters. The smallest absolute Gasteiger partial charge is 0.124 e. The Balaban J connectivity index is 2.23. The maximum absolute atomic E-state index is 13.0. The van der Waals surface area contributed by atoms with Crippen LogP contribution in [0, 0.1) is 5.82 Å². The summed E-state index contributed by atoms with van der Waals surface area (Å²) in [4.78, 5) is 0. The van der Waals surface area contributed by atoms with Gasteiger partial charge in [0.1, 0.15) is 5.82 Å². The molecule has 0 saturated heterocycles. The zero-order valence-corrected chi connectivity index (χ0v) is 13.2. The molecule has 5 heteroatoms. The molecule has 1 atom stereocenters.